The Bertz CT molecular complexity index is 1280. The fourth-order valence-electron chi connectivity index (χ4n) is 2.81. The topological polar surface area (TPSA) is 97.7 Å². The third kappa shape index (κ3) is 4.66. The Morgan fingerprint density at radius 1 is 1.16 bits per heavy atom. The number of nitrogens with one attached hydrogen (secondary N) is 1. The van der Waals surface area contributed by atoms with E-state index in [1.165, 1.54) is 23.9 Å². The summed E-state index contributed by atoms with van der Waals surface area (Å²) in [6, 6.07) is 13.1. The molecular formula is C21H13Cl2N3O4S. The normalized spacial score (nSPS) is 16.2. The molecule has 2 aromatic carbocycles. The molecule has 1 amide bonds. The van der Waals surface area contributed by atoms with Gasteiger partial charge in [-0.1, -0.05) is 29.3 Å². The minimum atomic E-state index is -0.556. The monoisotopic (exact) mass is 473 g/mol. The molecule has 156 valence electrons. The molecule has 10 heteroatoms. The second kappa shape index (κ2) is 8.58. The molecule has 0 spiro atoms. The molecule has 0 bridgehead atoms. The number of benzene rings is 2. The summed E-state index contributed by atoms with van der Waals surface area (Å²) in [5.74, 6) is 0.535. The van der Waals surface area contributed by atoms with E-state index in [0.717, 1.165) is 5.56 Å². The third-order valence-corrected chi connectivity index (χ3v) is 5.84. The van der Waals surface area contributed by atoms with Gasteiger partial charge in [0.05, 0.1) is 15.5 Å². The number of carbonyl (C=O) groups is 1. The lowest BCUT2D eigenvalue weighted by Gasteiger charge is -2.01. The first-order chi connectivity index (χ1) is 14.8. The highest BCUT2D eigenvalue weighted by molar-refractivity contribution is 8.18. The average molecular weight is 474 g/mol. The van der Waals surface area contributed by atoms with E-state index in [-0.39, 0.29) is 16.6 Å². The Labute approximate surface area is 190 Å². The molecule has 3 aromatic rings. The van der Waals surface area contributed by atoms with Gasteiger partial charge in [0.15, 0.2) is 5.17 Å². The average Bonchev–Trinajstić information content (AvgIpc) is 3.32. The molecule has 1 aliphatic heterocycles. The SMILES string of the molecule is Cc1ccc(Cl)cc1N=C1NC(=O)/C(=C/c2ccc(-c3ccc(Cl)c([N+](=O)[O-])c3)o2)S1. The zero-order valence-electron chi connectivity index (χ0n) is 15.9. The number of thioether (sulfide) groups is 1. The summed E-state index contributed by atoms with van der Waals surface area (Å²) in [7, 11) is 0. The zero-order valence-corrected chi connectivity index (χ0v) is 18.2. The number of rotatable bonds is 4. The van der Waals surface area contributed by atoms with E-state index in [2.05, 4.69) is 10.3 Å². The van der Waals surface area contributed by atoms with Crippen molar-refractivity contribution in [2.24, 2.45) is 4.99 Å². The van der Waals surface area contributed by atoms with Crippen LogP contribution >= 0.6 is 35.0 Å². The molecule has 0 atom stereocenters. The number of hydrogen-bond acceptors (Lipinski definition) is 6. The first-order valence-corrected chi connectivity index (χ1v) is 10.5. The van der Waals surface area contributed by atoms with Crippen LogP contribution in [0, 0.1) is 17.0 Å². The summed E-state index contributed by atoms with van der Waals surface area (Å²) in [5, 5.41) is 14.8. The fraction of sp³-hybridized carbons (Fsp3) is 0.0476. The van der Waals surface area contributed by atoms with Gasteiger partial charge in [0.2, 0.25) is 0 Å². The number of carbonyl (C=O) groups excluding carboxylic acids is 1. The number of halogens is 2. The van der Waals surface area contributed by atoms with Gasteiger partial charge < -0.3 is 9.73 Å². The van der Waals surface area contributed by atoms with Gasteiger partial charge >= 0.3 is 0 Å². The van der Waals surface area contributed by atoms with Crippen molar-refractivity contribution in [3.05, 3.63) is 84.9 Å². The van der Waals surface area contributed by atoms with Gasteiger partial charge in [-0.15, -0.1) is 0 Å². The predicted molar refractivity (Wildman–Crippen MR) is 123 cm³/mol. The number of nitro benzene ring substituents is 1. The van der Waals surface area contributed by atoms with E-state index >= 15 is 0 Å². The minimum Gasteiger partial charge on any atom is -0.457 e. The molecule has 7 nitrogen and oxygen atoms in total. The van der Waals surface area contributed by atoms with Crippen LogP contribution in [0.5, 0.6) is 0 Å². The first kappa shape index (κ1) is 21.2. The highest BCUT2D eigenvalue weighted by Gasteiger charge is 2.25. The second-order valence-electron chi connectivity index (χ2n) is 6.54. The minimum absolute atomic E-state index is 0.0448. The molecule has 1 aliphatic rings. The van der Waals surface area contributed by atoms with Gasteiger partial charge in [-0.05, 0) is 60.6 Å². The van der Waals surface area contributed by atoms with Gasteiger partial charge in [-0.3, -0.25) is 14.9 Å². The van der Waals surface area contributed by atoms with Crippen LogP contribution in [-0.2, 0) is 4.79 Å². The van der Waals surface area contributed by atoms with E-state index in [1.54, 1.807) is 36.4 Å². The van der Waals surface area contributed by atoms with Gasteiger partial charge in [0, 0.05) is 22.7 Å². The maximum atomic E-state index is 12.3. The van der Waals surface area contributed by atoms with Gasteiger partial charge in [-0.2, -0.15) is 0 Å². The van der Waals surface area contributed by atoms with Gasteiger partial charge in [0.25, 0.3) is 11.6 Å². The summed E-state index contributed by atoms with van der Waals surface area (Å²) >= 11 is 13.1. The summed E-state index contributed by atoms with van der Waals surface area (Å²) in [6.07, 6.45) is 1.58. The van der Waals surface area contributed by atoms with Crippen LogP contribution in [0.4, 0.5) is 11.4 Å². The van der Waals surface area contributed by atoms with Crippen LogP contribution < -0.4 is 5.32 Å². The molecule has 0 unspecified atom stereocenters. The van der Waals surface area contributed by atoms with Crippen molar-refractivity contribution >= 4 is 63.5 Å². The van der Waals surface area contributed by atoms with Crippen molar-refractivity contribution in [1.82, 2.24) is 5.32 Å². The Kier molecular flexibility index (Phi) is 5.86. The number of nitro groups is 1. The van der Waals surface area contributed by atoms with Crippen LogP contribution in [0.25, 0.3) is 17.4 Å². The lowest BCUT2D eigenvalue weighted by Crippen LogP contribution is -2.19. The van der Waals surface area contributed by atoms with Crippen LogP contribution in [0.15, 0.2) is 62.8 Å². The predicted octanol–water partition coefficient (Wildman–Crippen LogP) is 6.36. The lowest BCUT2D eigenvalue weighted by atomic mass is 10.1. The van der Waals surface area contributed by atoms with E-state index in [4.69, 9.17) is 27.6 Å². The third-order valence-electron chi connectivity index (χ3n) is 4.37. The largest absolute Gasteiger partial charge is 0.457 e. The van der Waals surface area contributed by atoms with E-state index in [0.29, 0.717) is 37.9 Å². The zero-order chi connectivity index (χ0) is 22.1. The van der Waals surface area contributed by atoms with E-state index < -0.39 is 4.92 Å². The molecule has 31 heavy (non-hydrogen) atoms. The van der Waals surface area contributed by atoms with Crippen LogP contribution in [0.1, 0.15) is 11.3 Å². The Morgan fingerprint density at radius 2 is 1.97 bits per heavy atom. The summed E-state index contributed by atoms with van der Waals surface area (Å²) in [4.78, 5) is 27.7. The number of aryl methyl sites for hydroxylation is 1. The summed E-state index contributed by atoms with van der Waals surface area (Å²) in [6.45, 7) is 1.90. The van der Waals surface area contributed by atoms with Crippen molar-refractivity contribution in [2.45, 2.75) is 6.92 Å². The molecule has 1 fully saturated rings. The molecule has 1 N–H and O–H groups in total. The molecule has 4 rings (SSSR count). The number of nitrogens with zero attached hydrogens (tertiary/aromatic N) is 2. The number of hydrogen-bond donors (Lipinski definition) is 1. The van der Waals surface area contributed by atoms with Gasteiger partial charge in [0.1, 0.15) is 16.5 Å². The molecule has 0 saturated carbocycles. The standard InChI is InChI=1S/C21H13Cl2N3O4S/c1-11-2-4-13(22)9-16(11)24-21-25-20(27)19(31-21)10-14-5-7-18(30-14)12-3-6-15(23)17(8-12)26(28)29/h2-10H,1H3,(H,24,25,27)/b19-10-. The molecule has 1 saturated heterocycles. The summed E-state index contributed by atoms with van der Waals surface area (Å²) in [5.41, 5.74) is 1.89. The lowest BCUT2D eigenvalue weighted by molar-refractivity contribution is -0.384. The highest BCUT2D eigenvalue weighted by Crippen LogP contribution is 2.33. The molecule has 0 radical (unpaired) electrons. The summed E-state index contributed by atoms with van der Waals surface area (Å²) < 4.78 is 5.75. The number of aliphatic imine (C=N–C) groups is 1. The smallest absolute Gasteiger partial charge is 0.288 e. The molecule has 2 heterocycles. The van der Waals surface area contributed by atoms with Crippen molar-refractivity contribution < 1.29 is 14.1 Å². The Morgan fingerprint density at radius 3 is 2.74 bits per heavy atom. The van der Waals surface area contributed by atoms with Crippen molar-refractivity contribution in [2.75, 3.05) is 0 Å². The quantitative estimate of drug-likeness (QED) is 0.270. The van der Waals surface area contributed by atoms with Crippen molar-refractivity contribution in [3.8, 4) is 11.3 Å². The number of furan rings is 1. The molecular weight excluding hydrogens is 461 g/mol. The van der Waals surface area contributed by atoms with Crippen LogP contribution in [0.3, 0.4) is 0 Å². The van der Waals surface area contributed by atoms with Crippen molar-refractivity contribution in [1.29, 1.82) is 0 Å². The molecule has 1 aromatic heterocycles. The van der Waals surface area contributed by atoms with Crippen molar-refractivity contribution in [3.63, 3.8) is 0 Å². The van der Waals surface area contributed by atoms with Gasteiger partial charge in [-0.25, -0.2) is 4.99 Å². The Hall–Kier alpha value is -3.07. The number of amidine groups is 1. The maximum Gasteiger partial charge on any atom is 0.288 e. The van der Waals surface area contributed by atoms with Crippen LogP contribution in [0.2, 0.25) is 10.0 Å². The fourth-order valence-corrected chi connectivity index (χ4v) is 3.98. The van der Waals surface area contributed by atoms with E-state index in [1.807, 2.05) is 13.0 Å². The maximum absolute atomic E-state index is 12.3. The van der Waals surface area contributed by atoms with E-state index in [9.17, 15) is 14.9 Å². The second-order valence-corrected chi connectivity index (χ2v) is 8.41. The molecule has 0 aliphatic carbocycles. The highest BCUT2D eigenvalue weighted by atomic mass is 35.5. The first-order valence-electron chi connectivity index (χ1n) is 8.90. The number of amides is 1. The Balaban J connectivity index is 1.58. The van der Waals surface area contributed by atoms with Crippen LogP contribution in [-0.4, -0.2) is 16.0 Å².